The fourth-order valence-corrected chi connectivity index (χ4v) is 6.28. The predicted octanol–water partition coefficient (Wildman–Crippen LogP) is 5.65. The monoisotopic (exact) mass is 658 g/mol. The van der Waals surface area contributed by atoms with Crippen LogP contribution in [0.3, 0.4) is 0 Å². The molecule has 2 amide bonds. The Bertz CT molecular complexity index is 1650. The lowest BCUT2D eigenvalue weighted by molar-refractivity contribution is -0.385. The Balaban J connectivity index is 2.17. The number of methoxy groups -OCH3 is 1. The molecule has 0 saturated carbocycles. The van der Waals surface area contributed by atoms with Gasteiger partial charge in [-0.3, -0.25) is 24.0 Å². The van der Waals surface area contributed by atoms with Gasteiger partial charge in [0.1, 0.15) is 18.3 Å². The molecule has 0 bridgehead atoms. The predicted molar refractivity (Wildman–Crippen MR) is 174 cm³/mol. The third kappa shape index (κ3) is 8.73. The number of hydrogen-bond donors (Lipinski definition) is 1. The first kappa shape index (κ1) is 35.3. The van der Waals surface area contributed by atoms with Crippen LogP contribution < -0.4 is 14.4 Å². The van der Waals surface area contributed by atoms with Gasteiger partial charge in [0.15, 0.2) is 0 Å². The lowest BCUT2D eigenvalue weighted by Gasteiger charge is -2.33. The number of sulfonamides is 1. The summed E-state index contributed by atoms with van der Waals surface area (Å²) in [4.78, 5) is 39.6. The molecule has 0 saturated heterocycles. The average molecular weight is 659 g/mol. The molecule has 0 aliphatic heterocycles. The van der Waals surface area contributed by atoms with Crippen molar-refractivity contribution in [1.82, 2.24) is 10.2 Å². The molecule has 0 aliphatic rings. The van der Waals surface area contributed by atoms with E-state index in [1.165, 1.54) is 49.3 Å². The molecular formula is C32H39ClN4O7S. The van der Waals surface area contributed by atoms with Crippen LogP contribution in [0.1, 0.15) is 43.9 Å². The van der Waals surface area contributed by atoms with Gasteiger partial charge < -0.3 is 15.0 Å². The van der Waals surface area contributed by atoms with Gasteiger partial charge in [-0.2, -0.15) is 0 Å². The van der Waals surface area contributed by atoms with Gasteiger partial charge >= 0.3 is 0 Å². The number of nitrogens with one attached hydrogen (secondary N) is 1. The van der Waals surface area contributed by atoms with Crippen LogP contribution in [0.4, 0.5) is 11.4 Å². The standard InChI is InChI=1S/C32H39ClN4O7S/c1-7-27(32(39)34-18-21(2)3)35(19-24-11-8-22(4)9-12-24)31(38)20-36(29-16-25(33)13-15-30(29)44-6)45(42,43)26-14-10-23(5)28(17-26)37(40)41/h8-17,21,27H,7,18-20H2,1-6H3,(H,34,39)/t27-/m0/s1. The van der Waals surface area contributed by atoms with Gasteiger partial charge in [-0.05, 0) is 56.0 Å². The van der Waals surface area contributed by atoms with Crippen LogP contribution in [0.5, 0.6) is 5.75 Å². The van der Waals surface area contributed by atoms with Crippen molar-refractivity contribution in [2.75, 3.05) is 24.5 Å². The average Bonchev–Trinajstić information content (AvgIpc) is 2.99. The summed E-state index contributed by atoms with van der Waals surface area (Å²) in [5.74, 6) is -0.767. The van der Waals surface area contributed by atoms with Crippen LogP contribution >= 0.6 is 11.6 Å². The van der Waals surface area contributed by atoms with E-state index >= 15 is 0 Å². The zero-order chi connectivity index (χ0) is 33.5. The van der Waals surface area contributed by atoms with Crippen molar-refractivity contribution in [3.05, 3.63) is 92.5 Å². The number of amides is 2. The Hall–Kier alpha value is -4.16. The highest BCUT2D eigenvalue weighted by Crippen LogP contribution is 2.36. The van der Waals surface area contributed by atoms with Crippen molar-refractivity contribution in [2.24, 2.45) is 5.92 Å². The number of carbonyl (C=O) groups is 2. The fourth-order valence-electron chi connectivity index (χ4n) is 4.68. The second kappa shape index (κ2) is 15.2. The number of nitro groups is 1. The minimum Gasteiger partial charge on any atom is -0.495 e. The smallest absolute Gasteiger partial charge is 0.273 e. The molecule has 3 rings (SSSR count). The zero-order valence-electron chi connectivity index (χ0n) is 26.2. The molecule has 1 atom stereocenters. The molecule has 0 radical (unpaired) electrons. The van der Waals surface area contributed by atoms with E-state index in [1.807, 2.05) is 45.0 Å². The summed E-state index contributed by atoms with van der Waals surface area (Å²) in [5, 5.41) is 14.7. The highest BCUT2D eigenvalue weighted by molar-refractivity contribution is 7.92. The van der Waals surface area contributed by atoms with Gasteiger partial charge in [-0.25, -0.2) is 8.42 Å². The van der Waals surface area contributed by atoms with E-state index in [9.17, 15) is 28.1 Å². The first-order valence-corrected chi connectivity index (χ1v) is 16.2. The molecule has 1 N–H and O–H groups in total. The second-order valence-corrected chi connectivity index (χ2v) is 13.4. The topological polar surface area (TPSA) is 139 Å². The Kier molecular flexibility index (Phi) is 11.9. The van der Waals surface area contributed by atoms with Crippen LogP contribution in [-0.2, 0) is 26.2 Å². The van der Waals surface area contributed by atoms with Crippen LogP contribution in [0.15, 0.2) is 65.6 Å². The molecule has 13 heteroatoms. The summed E-state index contributed by atoms with van der Waals surface area (Å²) in [7, 11) is -3.28. The molecule has 0 heterocycles. The Morgan fingerprint density at radius 2 is 1.71 bits per heavy atom. The fraction of sp³-hybridized carbons (Fsp3) is 0.375. The zero-order valence-corrected chi connectivity index (χ0v) is 27.8. The summed E-state index contributed by atoms with van der Waals surface area (Å²) >= 11 is 6.28. The van der Waals surface area contributed by atoms with Gasteiger partial charge in [-0.15, -0.1) is 0 Å². The van der Waals surface area contributed by atoms with E-state index in [4.69, 9.17) is 16.3 Å². The van der Waals surface area contributed by atoms with E-state index in [0.717, 1.165) is 21.5 Å². The SMILES string of the molecule is CC[C@@H](C(=O)NCC(C)C)N(Cc1ccc(C)cc1)C(=O)CN(c1cc(Cl)ccc1OC)S(=O)(=O)c1ccc(C)c([N+](=O)[O-])c1. The first-order chi connectivity index (χ1) is 21.2. The molecule has 0 aliphatic carbocycles. The van der Waals surface area contributed by atoms with Gasteiger partial charge in [0, 0.05) is 29.7 Å². The molecule has 45 heavy (non-hydrogen) atoms. The summed E-state index contributed by atoms with van der Waals surface area (Å²) in [5.41, 5.74) is 1.58. The highest BCUT2D eigenvalue weighted by Gasteiger charge is 2.35. The first-order valence-electron chi connectivity index (χ1n) is 14.4. The number of ether oxygens (including phenoxy) is 1. The van der Waals surface area contributed by atoms with Crippen molar-refractivity contribution >= 4 is 44.8 Å². The van der Waals surface area contributed by atoms with Crippen LogP contribution in [0, 0.1) is 29.9 Å². The maximum Gasteiger partial charge on any atom is 0.273 e. The van der Waals surface area contributed by atoms with Crippen LogP contribution in [0.2, 0.25) is 5.02 Å². The van der Waals surface area contributed by atoms with Crippen molar-refractivity contribution in [2.45, 2.75) is 58.5 Å². The van der Waals surface area contributed by atoms with E-state index in [2.05, 4.69) is 5.32 Å². The quantitative estimate of drug-likeness (QED) is 0.174. The molecule has 242 valence electrons. The molecule has 11 nitrogen and oxygen atoms in total. The van der Waals surface area contributed by atoms with E-state index in [-0.39, 0.29) is 46.8 Å². The van der Waals surface area contributed by atoms with E-state index < -0.39 is 44.0 Å². The molecule has 0 unspecified atom stereocenters. The van der Waals surface area contributed by atoms with Gasteiger partial charge in [0.05, 0.1) is 22.6 Å². The third-order valence-electron chi connectivity index (χ3n) is 7.20. The number of rotatable bonds is 14. The summed E-state index contributed by atoms with van der Waals surface area (Å²) in [6.45, 7) is 8.78. The lowest BCUT2D eigenvalue weighted by atomic mass is 10.1. The summed E-state index contributed by atoms with van der Waals surface area (Å²) in [6, 6.07) is 14.4. The number of benzene rings is 3. The third-order valence-corrected chi connectivity index (χ3v) is 9.19. The Morgan fingerprint density at radius 3 is 2.29 bits per heavy atom. The molecule has 0 spiro atoms. The lowest BCUT2D eigenvalue weighted by Crippen LogP contribution is -2.52. The van der Waals surface area contributed by atoms with Crippen molar-refractivity contribution in [3.63, 3.8) is 0 Å². The van der Waals surface area contributed by atoms with Crippen LogP contribution in [-0.4, -0.2) is 56.3 Å². The maximum atomic E-state index is 14.3. The highest BCUT2D eigenvalue weighted by atomic mass is 35.5. The summed E-state index contributed by atoms with van der Waals surface area (Å²) < 4.78 is 34.8. The minimum atomic E-state index is -4.62. The Morgan fingerprint density at radius 1 is 1.04 bits per heavy atom. The van der Waals surface area contributed by atoms with Crippen molar-refractivity contribution in [3.8, 4) is 5.75 Å². The largest absolute Gasteiger partial charge is 0.495 e. The maximum absolute atomic E-state index is 14.3. The molecular weight excluding hydrogens is 620 g/mol. The van der Waals surface area contributed by atoms with E-state index in [1.54, 1.807) is 6.92 Å². The number of hydrogen-bond acceptors (Lipinski definition) is 7. The number of anilines is 1. The normalized spacial score (nSPS) is 12.0. The van der Waals surface area contributed by atoms with Gasteiger partial charge in [0.25, 0.3) is 15.7 Å². The minimum absolute atomic E-state index is 0.0310. The number of aryl methyl sites for hydroxylation is 2. The number of nitro benzene ring substituents is 1. The number of carbonyl (C=O) groups excluding carboxylic acids is 2. The number of nitrogens with zero attached hydrogens (tertiary/aromatic N) is 3. The second-order valence-electron chi connectivity index (χ2n) is 11.1. The summed E-state index contributed by atoms with van der Waals surface area (Å²) in [6.07, 6.45) is 0.263. The van der Waals surface area contributed by atoms with Crippen LogP contribution in [0.25, 0.3) is 0 Å². The van der Waals surface area contributed by atoms with Crippen molar-refractivity contribution < 1.29 is 27.7 Å². The van der Waals surface area contributed by atoms with Gasteiger partial charge in [-0.1, -0.05) is 68.3 Å². The number of halogens is 1. The van der Waals surface area contributed by atoms with Gasteiger partial charge in [0.2, 0.25) is 11.8 Å². The molecule has 3 aromatic rings. The Labute approximate surface area is 269 Å². The molecule has 0 fully saturated rings. The molecule has 0 aromatic heterocycles. The van der Waals surface area contributed by atoms with E-state index in [0.29, 0.717) is 6.54 Å². The van der Waals surface area contributed by atoms with Crippen molar-refractivity contribution in [1.29, 1.82) is 0 Å². The molecule has 3 aromatic carbocycles.